The highest BCUT2D eigenvalue weighted by Gasteiger charge is 2.33. The summed E-state index contributed by atoms with van der Waals surface area (Å²) in [6.07, 6.45) is -4.45. The topological polar surface area (TPSA) is 58.6 Å². The van der Waals surface area contributed by atoms with E-state index in [0.717, 1.165) is 19.2 Å². The summed E-state index contributed by atoms with van der Waals surface area (Å²) in [7, 11) is 1.12. The molecule has 1 rings (SSSR count). The quantitative estimate of drug-likeness (QED) is 0.836. The van der Waals surface area contributed by atoms with E-state index in [2.05, 4.69) is 10.1 Å². The minimum atomic E-state index is -4.45. The van der Waals surface area contributed by atoms with E-state index in [1.165, 1.54) is 13.0 Å². The van der Waals surface area contributed by atoms with Crippen LogP contribution in [0.3, 0.4) is 0 Å². The molecule has 0 aliphatic rings. The van der Waals surface area contributed by atoms with Crippen LogP contribution in [0.5, 0.6) is 0 Å². The van der Waals surface area contributed by atoms with Crippen LogP contribution >= 0.6 is 0 Å². The predicted octanol–water partition coefficient (Wildman–Crippen LogP) is 2.35. The van der Waals surface area contributed by atoms with Gasteiger partial charge in [0.1, 0.15) is 0 Å². The van der Waals surface area contributed by atoms with Crippen molar-refractivity contribution in [2.75, 3.05) is 19.0 Å². The molecule has 20 heavy (non-hydrogen) atoms. The monoisotopic (exact) mass is 291 g/mol. The first-order chi connectivity index (χ1) is 9.08. The maximum absolute atomic E-state index is 12.6. The van der Waals surface area contributed by atoms with Gasteiger partial charge in [0.05, 0.1) is 19.2 Å². The molecular weight excluding hydrogens is 275 g/mol. The molecule has 0 aliphatic heterocycles. The number of nitrogens with one attached hydrogen (secondary N) is 1. The molecule has 112 valence electrons. The Morgan fingerprint density at radius 1 is 1.40 bits per heavy atom. The third-order valence-electron chi connectivity index (χ3n) is 2.81. The Labute approximate surface area is 114 Å². The zero-order valence-electron chi connectivity index (χ0n) is 11.3. The van der Waals surface area contributed by atoms with Gasteiger partial charge in [-0.15, -0.1) is 0 Å². The highest BCUT2D eigenvalue weighted by molar-refractivity contribution is 5.79. The summed E-state index contributed by atoms with van der Waals surface area (Å²) in [5.74, 6) is -0.866. The number of carbonyl (C=O) groups excluding carboxylic acids is 1. The standard InChI is InChI=1S/C13H16F3NO3/c1-8-4-5-9(13(14,15)16)6-10(8)17-7-12(2,19)11(18)20-3/h4-6,17,19H,7H2,1-3H3. The lowest BCUT2D eigenvalue weighted by Gasteiger charge is -2.22. The van der Waals surface area contributed by atoms with Crippen molar-refractivity contribution in [2.45, 2.75) is 25.6 Å². The first kappa shape index (κ1) is 16.3. The fraction of sp³-hybridized carbons (Fsp3) is 0.462. The second-order valence-corrected chi connectivity index (χ2v) is 4.65. The summed E-state index contributed by atoms with van der Waals surface area (Å²) >= 11 is 0. The maximum Gasteiger partial charge on any atom is 0.416 e. The van der Waals surface area contributed by atoms with Gasteiger partial charge in [-0.05, 0) is 31.5 Å². The van der Waals surface area contributed by atoms with Gasteiger partial charge in [-0.1, -0.05) is 6.07 Å². The van der Waals surface area contributed by atoms with Crippen molar-refractivity contribution in [1.29, 1.82) is 0 Å². The van der Waals surface area contributed by atoms with Crippen LogP contribution < -0.4 is 5.32 Å². The second kappa shape index (κ2) is 5.70. The number of benzene rings is 1. The molecular formula is C13H16F3NO3. The fourth-order valence-electron chi connectivity index (χ4n) is 1.55. The number of methoxy groups -OCH3 is 1. The van der Waals surface area contributed by atoms with Gasteiger partial charge < -0.3 is 15.2 Å². The van der Waals surface area contributed by atoms with Gasteiger partial charge in [0, 0.05) is 5.69 Å². The molecule has 0 radical (unpaired) electrons. The molecule has 0 spiro atoms. The molecule has 4 nitrogen and oxygen atoms in total. The Morgan fingerprint density at radius 2 is 2.00 bits per heavy atom. The molecule has 0 saturated carbocycles. The molecule has 0 bridgehead atoms. The number of rotatable bonds is 4. The number of aliphatic hydroxyl groups is 1. The van der Waals surface area contributed by atoms with Crippen molar-refractivity contribution in [1.82, 2.24) is 0 Å². The number of carbonyl (C=O) groups is 1. The van der Waals surface area contributed by atoms with Crippen LogP contribution in [0.25, 0.3) is 0 Å². The van der Waals surface area contributed by atoms with Gasteiger partial charge in [0.15, 0.2) is 5.60 Å². The molecule has 0 saturated heterocycles. The third kappa shape index (κ3) is 3.86. The van der Waals surface area contributed by atoms with Gasteiger partial charge in [-0.2, -0.15) is 13.2 Å². The summed E-state index contributed by atoms with van der Waals surface area (Å²) < 4.78 is 42.2. The highest BCUT2D eigenvalue weighted by atomic mass is 19.4. The van der Waals surface area contributed by atoms with Crippen LogP contribution in [0, 0.1) is 6.92 Å². The van der Waals surface area contributed by atoms with Crippen LogP contribution in [0.1, 0.15) is 18.1 Å². The third-order valence-corrected chi connectivity index (χ3v) is 2.81. The SMILES string of the molecule is COC(=O)C(C)(O)CNc1cc(C(F)(F)F)ccc1C. The number of hydrogen-bond donors (Lipinski definition) is 2. The number of hydrogen-bond acceptors (Lipinski definition) is 4. The van der Waals surface area contributed by atoms with Gasteiger partial charge in [-0.25, -0.2) is 4.79 Å². The average Bonchev–Trinajstić information content (AvgIpc) is 2.35. The van der Waals surface area contributed by atoms with E-state index in [0.29, 0.717) is 5.56 Å². The van der Waals surface area contributed by atoms with Crippen molar-refractivity contribution < 1.29 is 27.8 Å². The Morgan fingerprint density at radius 3 is 2.50 bits per heavy atom. The Hall–Kier alpha value is -1.76. The highest BCUT2D eigenvalue weighted by Crippen LogP contribution is 2.32. The summed E-state index contributed by atoms with van der Waals surface area (Å²) in [4.78, 5) is 11.3. The minimum absolute atomic E-state index is 0.198. The van der Waals surface area contributed by atoms with Crippen LogP contribution in [-0.4, -0.2) is 30.3 Å². The van der Waals surface area contributed by atoms with Crippen LogP contribution in [-0.2, 0) is 15.7 Å². The van der Waals surface area contributed by atoms with E-state index >= 15 is 0 Å². The molecule has 2 N–H and O–H groups in total. The van der Waals surface area contributed by atoms with Crippen LogP contribution in [0.4, 0.5) is 18.9 Å². The Balaban J connectivity index is 2.91. The lowest BCUT2D eigenvalue weighted by Crippen LogP contribution is -2.42. The molecule has 1 aromatic carbocycles. The van der Waals surface area contributed by atoms with Crippen molar-refractivity contribution in [3.63, 3.8) is 0 Å². The number of alkyl halides is 3. The molecule has 0 fully saturated rings. The molecule has 1 atom stereocenters. The smallest absolute Gasteiger partial charge is 0.416 e. The van der Waals surface area contributed by atoms with Crippen LogP contribution in [0.2, 0.25) is 0 Å². The summed E-state index contributed by atoms with van der Waals surface area (Å²) in [5, 5.41) is 12.4. The molecule has 0 amide bonds. The molecule has 0 aromatic heterocycles. The molecule has 0 heterocycles. The number of ether oxygens (including phenoxy) is 1. The van der Waals surface area contributed by atoms with E-state index in [9.17, 15) is 23.1 Å². The normalized spacial score (nSPS) is 14.6. The van der Waals surface area contributed by atoms with Gasteiger partial charge in [-0.3, -0.25) is 0 Å². The van der Waals surface area contributed by atoms with Crippen molar-refractivity contribution >= 4 is 11.7 Å². The minimum Gasteiger partial charge on any atom is -0.467 e. The Kier molecular flexibility index (Phi) is 4.65. The first-order valence-electron chi connectivity index (χ1n) is 5.80. The number of anilines is 1. The van der Waals surface area contributed by atoms with Gasteiger partial charge >= 0.3 is 12.1 Å². The molecule has 1 unspecified atom stereocenters. The largest absolute Gasteiger partial charge is 0.467 e. The number of halogens is 3. The lowest BCUT2D eigenvalue weighted by molar-refractivity contribution is -0.158. The van der Waals surface area contributed by atoms with E-state index in [4.69, 9.17) is 0 Å². The van der Waals surface area contributed by atoms with Gasteiger partial charge in [0.2, 0.25) is 0 Å². The zero-order valence-corrected chi connectivity index (χ0v) is 11.3. The molecule has 7 heteroatoms. The second-order valence-electron chi connectivity index (χ2n) is 4.65. The fourth-order valence-corrected chi connectivity index (χ4v) is 1.55. The number of aryl methyl sites for hydroxylation is 1. The molecule has 0 aliphatic carbocycles. The van der Waals surface area contributed by atoms with Crippen molar-refractivity contribution in [3.8, 4) is 0 Å². The summed E-state index contributed by atoms with van der Waals surface area (Å²) in [6.45, 7) is 2.58. The van der Waals surface area contributed by atoms with Crippen molar-refractivity contribution in [3.05, 3.63) is 29.3 Å². The number of esters is 1. The van der Waals surface area contributed by atoms with Crippen LogP contribution in [0.15, 0.2) is 18.2 Å². The first-order valence-corrected chi connectivity index (χ1v) is 5.80. The predicted molar refractivity (Wildman–Crippen MR) is 67.3 cm³/mol. The summed E-state index contributed by atoms with van der Waals surface area (Å²) in [6, 6.07) is 3.22. The zero-order chi connectivity index (χ0) is 15.6. The molecule has 1 aromatic rings. The average molecular weight is 291 g/mol. The Bertz CT molecular complexity index is 498. The van der Waals surface area contributed by atoms with Gasteiger partial charge in [0.25, 0.3) is 0 Å². The van der Waals surface area contributed by atoms with E-state index in [1.54, 1.807) is 6.92 Å². The van der Waals surface area contributed by atoms with Crippen molar-refractivity contribution in [2.24, 2.45) is 0 Å². The summed E-state index contributed by atoms with van der Waals surface area (Å²) in [5.41, 5.74) is -1.86. The lowest BCUT2D eigenvalue weighted by atomic mass is 10.1. The van der Waals surface area contributed by atoms with E-state index < -0.39 is 23.3 Å². The van der Waals surface area contributed by atoms with E-state index in [-0.39, 0.29) is 12.2 Å². The van der Waals surface area contributed by atoms with E-state index in [1.807, 2.05) is 0 Å². The maximum atomic E-state index is 12.6.